The monoisotopic (exact) mass is 361 g/mol. The van der Waals surface area contributed by atoms with Gasteiger partial charge in [-0.1, -0.05) is 35.9 Å². The van der Waals surface area contributed by atoms with Crippen molar-refractivity contribution in [3.63, 3.8) is 0 Å². The van der Waals surface area contributed by atoms with Crippen molar-refractivity contribution in [1.82, 2.24) is 10.3 Å². The fourth-order valence-corrected chi connectivity index (χ4v) is 4.02. The number of aromatic nitrogens is 1. The molecule has 4 heteroatoms. The van der Waals surface area contributed by atoms with E-state index in [4.69, 9.17) is 0 Å². The van der Waals surface area contributed by atoms with E-state index in [0.29, 0.717) is 12.2 Å². The molecule has 27 heavy (non-hydrogen) atoms. The van der Waals surface area contributed by atoms with Gasteiger partial charge in [-0.3, -0.25) is 9.78 Å². The zero-order chi connectivity index (χ0) is 18.5. The lowest BCUT2D eigenvalue weighted by molar-refractivity contribution is 0.0949. The fourth-order valence-electron chi connectivity index (χ4n) is 4.02. The highest BCUT2D eigenvalue weighted by molar-refractivity contribution is 5.93. The third kappa shape index (κ3) is 4.38. The maximum Gasteiger partial charge on any atom is 0.269 e. The molecule has 1 N–H and O–H groups in total. The van der Waals surface area contributed by atoms with Crippen LogP contribution in [0.4, 0.5) is 5.69 Å². The van der Waals surface area contributed by atoms with Crippen LogP contribution in [0.3, 0.4) is 0 Å². The Labute approximate surface area is 161 Å². The molecule has 0 atom stereocenters. The molecular weight excluding hydrogens is 334 g/mol. The number of hydrogen-bond donors (Lipinski definition) is 1. The maximum absolute atomic E-state index is 12.5. The lowest BCUT2D eigenvalue weighted by Gasteiger charge is -2.30. The van der Waals surface area contributed by atoms with Crippen LogP contribution in [0.5, 0.6) is 0 Å². The molecule has 1 aromatic heterocycles. The summed E-state index contributed by atoms with van der Waals surface area (Å²) in [6.45, 7) is 2.54. The van der Waals surface area contributed by atoms with Crippen LogP contribution in [0.1, 0.15) is 53.7 Å². The fraction of sp³-hybridized carbons (Fsp3) is 0.391. The summed E-state index contributed by atoms with van der Waals surface area (Å²) in [5.74, 6) is -0.0781. The minimum atomic E-state index is -0.0781. The van der Waals surface area contributed by atoms with Crippen molar-refractivity contribution in [3.8, 4) is 0 Å². The number of allylic oxidation sites excluding steroid dienone is 1. The van der Waals surface area contributed by atoms with Gasteiger partial charge in [-0.15, -0.1) is 0 Å². The van der Waals surface area contributed by atoms with Crippen LogP contribution in [0.2, 0.25) is 0 Å². The molecule has 0 bridgehead atoms. The van der Waals surface area contributed by atoms with Crippen molar-refractivity contribution in [3.05, 3.63) is 71.1 Å². The maximum atomic E-state index is 12.5. The molecule has 1 amide bonds. The van der Waals surface area contributed by atoms with E-state index in [0.717, 1.165) is 31.6 Å². The molecule has 2 heterocycles. The smallest absolute Gasteiger partial charge is 0.269 e. The Morgan fingerprint density at radius 1 is 1.11 bits per heavy atom. The van der Waals surface area contributed by atoms with Crippen LogP contribution in [0, 0.1) is 0 Å². The van der Waals surface area contributed by atoms with Crippen molar-refractivity contribution < 1.29 is 4.79 Å². The second-order valence-electron chi connectivity index (χ2n) is 7.45. The van der Waals surface area contributed by atoms with Gasteiger partial charge in [-0.25, -0.2) is 0 Å². The lowest BCUT2D eigenvalue weighted by atomic mass is 9.97. The molecule has 0 fully saturated rings. The van der Waals surface area contributed by atoms with Gasteiger partial charge < -0.3 is 10.2 Å². The number of nitrogens with zero attached hydrogens (tertiary/aromatic N) is 2. The van der Waals surface area contributed by atoms with Crippen LogP contribution in [-0.2, 0) is 13.0 Å². The summed E-state index contributed by atoms with van der Waals surface area (Å²) < 4.78 is 0. The van der Waals surface area contributed by atoms with E-state index in [-0.39, 0.29) is 5.91 Å². The minimum absolute atomic E-state index is 0.0781. The number of amides is 1. The predicted octanol–water partition coefficient (Wildman–Crippen LogP) is 4.26. The highest BCUT2D eigenvalue weighted by Gasteiger charge is 2.17. The summed E-state index contributed by atoms with van der Waals surface area (Å²) in [7, 11) is 0. The highest BCUT2D eigenvalue weighted by Crippen LogP contribution is 2.24. The van der Waals surface area contributed by atoms with Gasteiger partial charge in [0.1, 0.15) is 5.69 Å². The van der Waals surface area contributed by atoms with Gasteiger partial charge >= 0.3 is 0 Å². The molecule has 0 saturated heterocycles. The van der Waals surface area contributed by atoms with Crippen molar-refractivity contribution in [2.24, 2.45) is 0 Å². The number of hydrogen-bond acceptors (Lipinski definition) is 3. The second kappa shape index (κ2) is 8.38. The number of rotatable bonds is 5. The van der Waals surface area contributed by atoms with Crippen molar-refractivity contribution >= 4 is 11.6 Å². The molecule has 1 aliphatic heterocycles. The van der Waals surface area contributed by atoms with Crippen LogP contribution in [-0.4, -0.2) is 24.0 Å². The summed E-state index contributed by atoms with van der Waals surface area (Å²) in [6.07, 6.45) is 11.0. The molecule has 0 saturated carbocycles. The van der Waals surface area contributed by atoms with Gasteiger partial charge in [0, 0.05) is 31.5 Å². The van der Waals surface area contributed by atoms with Gasteiger partial charge in [0.2, 0.25) is 0 Å². The normalized spacial score (nSPS) is 16.4. The van der Waals surface area contributed by atoms with Gasteiger partial charge in [0.25, 0.3) is 5.91 Å². The summed E-state index contributed by atoms with van der Waals surface area (Å²) in [5.41, 5.74) is 5.85. The Morgan fingerprint density at radius 3 is 2.85 bits per heavy atom. The first-order chi connectivity index (χ1) is 13.3. The Bertz CT molecular complexity index is 843. The Hall–Kier alpha value is -2.62. The number of anilines is 1. The average Bonchev–Trinajstić information content (AvgIpc) is 2.74. The third-order valence-corrected chi connectivity index (χ3v) is 5.59. The molecule has 1 aromatic carbocycles. The Morgan fingerprint density at radius 2 is 2.00 bits per heavy atom. The summed E-state index contributed by atoms with van der Waals surface area (Å²) in [6, 6.07) is 12.5. The summed E-state index contributed by atoms with van der Waals surface area (Å²) in [4.78, 5) is 19.1. The van der Waals surface area contributed by atoms with Crippen LogP contribution in [0.25, 0.3) is 0 Å². The van der Waals surface area contributed by atoms with Gasteiger partial charge in [-0.2, -0.15) is 0 Å². The first-order valence-corrected chi connectivity index (χ1v) is 10.0. The molecular formula is C23H27N3O. The van der Waals surface area contributed by atoms with Crippen LogP contribution >= 0.6 is 0 Å². The molecule has 4 nitrogen and oxygen atoms in total. The lowest BCUT2D eigenvalue weighted by Crippen LogP contribution is -2.31. The molecule has 4 rings (SSSR count). The number of benzene rings is 1. The van der Waals surface area contributed by atoms with E-state index in [9.17, 15) is 4.79 Å². The van der Waals surface area contributed by atoms with E-state index >= 15 is 0 Å². The standard InChI is InChI=1S/C23H27N3O/c27-23(25-13-10-18-6-2-1-3-7-18)22-16-21(11-14-24-22)26-15-12-19-8-4-5-9-20(19)17-26/h4-6,8-9,11,14,16H,1-3,7,10,12-13,15,17H2,(H,25,27). The molecule has 0 unspecified atom stereocenters. The van der Waals surface area contributed by atoms with E-state index in [1.807, 2.05) is 12.1 Å². The van der Waals surface area contributed by atoms with Gasteiger partial charge in [0.15, 0.2) is 0 Å². The predicted molar refractivity (Wildman–Crippen MR) is 109 cm³/mol. The quantitative estimate of drug-likeness (QED) is 0.809. The number of nitrogens with one attached hydrogen (secondary N) is 1. The largest absolute Gasteiger partial charge is 0.367 e. The number of carbonyl (C=O) groups is 1. The first-order valence-electron chi connectivity index (χ1n) is 10.0. The van der Waals surface area contributed by atoms with Gasteiger partial charge in [-0.05, 0) is 61.8 Å². The van der Waals surface area contributed by atoms with E-state index in [1.165, 1.54) is 42.4 Å². The minimum Gasteiger partial charge on any atom is -0.367 e. The van der Waals surface area contributed by atoms with Crippen molar-refractivity contribution in [2.45, 2.75) is 45.1 Å². The topological polar surface area (TPSA) is 45.2 Å². The number of carbonyl (C=O) groups excluding carboxylic acids is 1. The Balaban J connectivity index is 1.37. The zero-order valence-corrected chi connectivity index (χ0v) is 15.8. The molecule has 2 aliphatic rings. The van der Waals surface area contributed by atoms with Crippen LogP contribution < -0.4 is 10.2 Å². The van der Waals surface area contributed by atoms with Crippen LogP contribution in [0.15, 0.2) is 54.2 Å². The molecule has 0 spiro atoms. The van der Waals surface area contributed by atoms with E-state index in [2.05, 4.69) is 45.5 Å². The second-order valence-corrected chi connectivity index (χ2v) is 7.45. The molecule has 0 radical (unpaired) electrons. The van der Waals surface area contributed by atoms with E-state index in [1.54, 1.807) is 6.20 Å². The van der Waals surface area contributed by atoms with E-state index < -0.39 is 0 Å². The molecule has 140 valence electrons. The summed E-state index contributed by atoms with van der Waals surface area (Å²) >= 11 is 0. The highest BCUT2D eigenvalue weighted by atomic mass is 16.1. The summed E-state index contributed by atoms with van der Waals surface area (Å²) in [5, 5.41) is 3.03. The SMILES string of the molecule is O=C(NCCC1=CCCCC1)c1cc(N2CCc3ccccc3C2)ccn1. The van der Waals surface area contributed by atoms with Crippen molar-refractivity contribution in [2.75, 3.05) is 18.0 Å². The zero-order valence-electron chi connectivity index (χ0n) is 15.8. The number of fused-ring (bicyclic) bond motifs is 1. The third-order valence-electron chi connectivity index (χ3n) is 5.59. The first kappa shape index (κ1) is 17.8. The Kier molecular flexibility index (Phi) is 5.52. The number of pyridine rings is 1. The molecule has 1 aliphatic carbocycles. The molecule has 2 aromatic rings. The average molecular weight is 361 g/mol. The van der Waals surface area contributed by atoms with Crippen molar-refractivity contribution in [1.29, 1.82) is 0 Å². The van der Waals surface area contributed by atoms with Gasteiger partial charge in [0.05, 0.1) is 0 Å².